The predicted octanol–water partition coefficient (Wildman–Crippen LogP) is 9.42. The van der Waals surface area contributed by atoms with Crippen LogP contribution in [0.5, 0.6) is 23.0 Å². The molecule has 3 aromatic carbocycles. The van der Waals surface area contributed by atoms with Crippen molar-refractivity contribution in [2.45, 2.75) is 90.9 Å². The molecule has 0 unspecified atom stereocenters. The zero-order chi connectivity index (χ0) is 31.4. The van der Waals surface area contributed by atoms with E-state index in [-0.39, 0.29) is 17.1 Å². The molecule has 0 amide bonds. The summed E-state index contributed by atoms with van der Waals surface area (Å²) in [4.78, 5) is 37.1. The van der Waals surface area contributed by atoms with Crippen molar-refractivity contribution in [3.8, 4) is 23.0 Å². The number of esters is 2. The van der Waals surface area contributed by atoms with Gasteiger partial charge in [-0.05, 0) is 79.6 Å². The van der Waals surface area contributed by atoms with Crippen LogP contribution < -0.4 is 18.9 Å². The van der Waals surface area contributed by atoms with Gasteiger partial charge in [0.15, 0.2) is 6.29 Å². The molecule has 7 heteroatoms. The van der Waals surface area contributed by atoms with Crippen LogP contribution in [0.1, 0.15) is 122 Å². The third kappa shape index (κ3) is 12.2. The molecule has 0 spiro atoms. The summed E-state index contributed by atoms with van der Waals surface area (Å²) in [6, 6.07) is 17.7. The molecule has 44 heavy (non-hydrogen) atoms. The first-order valence-corrected chi connectivity index (χ1v) is 16.0. The van der Waals surface area contributed by atoms with Crippen molar-refractivity contribution in [2.24, 2.45) is 0 Å². The van der Waals surface area contributed by atoms with E-state index in [9.17, 15) is 14.4 Å². The Morgan fingerprint density at radius 3 is 1.45 bits per heavy atom. The van der Waals surface area contributed by atoms with Gasteiger partial charge in [-0.3, -0.25) is 4.79 Å². The van der Waals surface area contributed by atoms with Gasteiger partial charge in [-0.2, -0.15) is 0 Å². The summed E-state index contributed by atoms with van der Waals surface area (Å²) in [7, 11) is 0. The highest BCUT2D eigenvalue weighted by Gasteiger charge is 2.15. The maximum absolute atomic E-state index is 12.7. The molecule has 0 atom stereocenters. The normalized spacial score (nSPS) is 10.7. The summed E-state index contributed by atoms with van der Waals surface area (Å²) in [5.74, 6) is 0.421. The number of unbranched alkanes of at least 4 members (excludes halogenated alkanes) is 10. The van der Waals surface area contributed by atoms with E-state index in [2.05, 4.69) is 13.8 Å². The zero-order valence-corrected chi connectivity index (χ0v) is 26.2. The second kappa shape index (κ2) is 19.9. The number of carbonyl (C=O) groups excluding carboxylic acids is 3. The molecule has 0 aliphatic carbocycles. The summed E-state index contributed by atoms with van der Waals surface area (Å²) in [5, 5.41) is 0. The van der Waals surface area contributed by atoms with Crippen LogP contribution in [0, 0.1) is 0 Å². The van der Waals surface area contributed by atoms with Gasteiger partial charge in [0.2, 0.25) is 0 Å². The molecule has 3 aromatic rings. The minimum atomic E-state index is -0.612. The summed E-state index contributed by atoms with van der Waals surface area (Å²) in [6.45, 7) is 5.68. The van der Waals surface area contributed by atoms with E-state index < -0.39 is 11.9 Å². The molecule has 0 heterocycles. The number of carbonyl (C=O) groups is 3. The number of rotatable bonds is 21. The van der Waals surface area contributed by atoms with Crippen molar-refractivity contribution >= 4 is 18.2 Å². The zero-order valence-electron chi connectivity index (χ0n) is 26.2. The molecular weight excluding hydrogens is 556 g/mol. The Morgan fingerprint density at radius 2 is 0.977 bits per heavy atom. The average Bonchev–Trinajstić information content (AvgIpc) is 3.05. The minimum Gasteiger partial charge on any atom is -0.494 e. The SMILES string of the molecule is CCCCCCCCOc1ccc(C(=O)Oc2ccc(OC(=O)c3ccc(OCCCCCCCC)cc3)c(C=O)c2)cc1. The minimum absolute atomic E-state index is 0.0695. The molecule has 236 valence electrons. The predicted molar refractivity (Wildman–Crippen MR) is 172 cm³/mol. The second-order valence-electron chi connectivity index (χ2n) is 10.9. The maximum atomic E-state index is 12.7. The van der Waals surface area contributed by atoms with Gasteiger partial charge in [-0.25, -0.2) is 9.59 Å². The lowest BCUT2D eigenvalue weighted by molar-refractivity contribution is 0.0717. The van der Waals surface area contributed by atoms with Crippen LogP contribution in [-0.4, -0.2) is 31.4 Å². The van der Waals surface area contributed by atoms with Crippen LogP contribution in [0.4, 0.5) is 0 Å². The van der Waals surface area contributed by atoms with E-state index in [1.807, 2.05) is 0 Å². The highest BCUT2D eigenvalue weighted by Crippen LogP contribution is 2.25. The van der Waals surface area contributed by atoms with Gasteiger partial charge in [0, 0.05) is 0 Å². The average molecular weight is 603 g/mol. The Bertz CT molecular complexity index is 1280. The van der Waals surface area contributed by atoms with E-state index in [1.54, 1.807) is 48.5 Å². The van der Waals surface area contributed by atoms with Crippen molar-refractivity contribution in [1.82, 2.24) is 0 Å². The van der Waals surface area contributed by atoms with Crippen molar-refractivity contribution in [3.63, 3.8) is 0 Å². The number of ether oxygens (including phenoxy) is 4. The Morgan fingerprint density at radius 1 is 0.545 bits per heavy atom. The van der Waals surface area contributed by atoms with E-state index in [1.165, 1.54) is 69.6 Å². The third-order valence-corrected chi connectivity index (χ3v) is 7.23. The lowest BCUT2D eigenvalue weighted by Gasteiger charge is -2.10. The number of hydrogen-bond donors (Lipinski definition) is 0. The summed E-state index contributed by atoms with van der Waals surface area (Å²) in [6.07, 6.45) is 14.8. The standard InChI is InChI=1S/C37H46O7/c1-3-5-7-9-11-13-25-41-32-19-15-29(16-20-32)36(39)43-34-23-24-35(31(27-34)28-38)44-37(40)30-17-21-33(22-18-30)42-26-14-12-10-8-6-4-2/h15-24,27-28H,3-14,25-26H2,1-2H3. The van der Waals surface area contributed by atoms with Crippen molar-refractivity contribution in [1.29, 1.82) is 0 Å². The molecule has 7 nitrogen and oxygen atoms in total. The van der Waals surface area contributed by atoms with Gasteiger partial charge in [-0.1, -0.05) is 78.1 Å². The monoisotopic (exact) mass is 602 g/mol. The Hall–Kier alpha value is -4.13. The van der Waals surface area contributed by atoms with Crippen molar-refractivity contribution in [3.05, 3.63) is 83.4 Å². The van der Waals surface area contributed by atoms with Gasteiger partial charge in [0.25, 0.3) is 0 Å². The molecule has 0 N–H and O–H groups in total. The maximum Gasteiger partial charge on any atom is 0.343 e. The van der Waals surface area contributed by atoms with Crippen LogP contribution in [0.15, 0.2) is 66.7 Å². The van der Waals surface area contributed by atoms with Gasteiger partial charge < -0.3 is 18.9 Å². The fourth-order valence-corrected chi connectivity index (χ4v) is 4.62. The molecule has 0 saturated carbocycles. The second-order valence-corrected chi connectivity index (χ2v) is 10.9. The number of benzene rings is 3. The Labute approximate surface area is 261 Å². The van der Waals surface area contributed by atoms with Crippen LogP contribution in [0.3, 0.4) is 0 Å². The summed E-state index contributed by atoms with van der Waals surface area (Å²) >= 11 is 0. The molecule has 3 rings (SSSR count). The molecule has 0 aromatic heterocycles. The van der Waals surface area contributed by atoms with Gasteiger partial charge in [0.05, 0.1) is 29.9 Å². The first kappa shape index (κ1) is 34.4. The fourth-order valence-electron chi connectivity index (χ4n) is 4.62. The van der Waals surface area contributed by atoms with Gasteiger partial charge in [-0.15, -0.1) is 0 Å². The van der Waals surface area contributed by atoms with E-state index >= 15 is 0 Å². The first-order chi connectivity index (χ1) is 21.5. The highest BCUT2D eigenvalue weighted by atomic mass is 16.5. The smallest absolute Gasteiger partial charge is 0.343 e. The topological polar surface area (TPSA) is 88.1 Å². The van der Waals surface area contributed by atoms with Crippen molar-refractivity contribution < 1.29 is 33.3 Å². The van der Waals surface area contributed by atoms with E-state index in [0.717, 1.165) is 25.7 Å². The molecule has 0 saturated heterocycles. The van der Waals surface area contributed by atoms with Crippen molar-refractivity contribution in [2.75, 3.05) is 13.2 Å². The third-order valence-electron chi connectivity index (χ3n) is 7.23. The summed E-state index contributed by atoms with van der Waals surface area (Å²) < 4.78 is 22.5. The Kier molecular flexibility index (Phi) is 15.6. The lowest BCUT2D eigenvalue weighted by Crippen LogP contribution is -2.11. The molecule has 0 aliphatic rings. The van der Waals surface area contributed by atoms with Crippen LogP contribution >= 0.6 is 0 Å². The molecule has 0 aliphatic heterocycles. The van der Waals surface area contributed by atoms with E-state index in [0.29, 0.717) is 42.1 Å². The number of hydrogen-bond acceptors (Lipinski definition) is 7. The fraction of sp³-hybridized carbons (Fsp3) is 0.432. The quantitative estimate of drug-likeness (QED) is 0.0519. The molecule has 0 radical (unpaired) electrons. The molecule has 0 bridgehead atoms. The lowest BCUT2D eigenvalue weighted by atomic mass is 10.1. The van der Waals surface area contributed by atoms with Gasteiger partial charge >= 0.3 is 11.9 Å². The Balaban J connectivity index is 1.46. The number of aldehydes is 1. The van der Waals surface area contributed by atoms with Crippen LogP contribution in [-0.2, 0) is 0 Å². The molecular formula is C37H46O7. The van der Waals surface area contributed by atoms with Crippen LogP contribution in [0.2, 0.25) is 0 Å². The van der Waals surface area contributed by atoms with Gasteiger partial charge in [0.1, 0.15) is 23.0 Å². The largest absolute Gasteiger partial charge is 0.494 e. The first-order valence-electron chi connectivity index (χ1n) is 16.0. The van der Waals surface area contributed by atoms with E-state index in [4.69, 9.17) is 18.9 Å². The molecule has 0 fully saturated rings. The summed E-state index contributed by atoms with van der Waals surface area (Å²) in [5.41, 5.74) is 0.754. The van der Waals surface area contributed by atoms with Crippen LogP contribution in [0.25, 0.3) is 0 Å². The highest BCUT2D eigenvalue weighted by molar-refractivity contribution is 5.93.